The molecule has 0 spiro atoms. The third kappa shape index (κ3) is 4.73. The predicted molar refractivity (Wildman–Crippen MR) is 128 cm³/mol. The van der Waals surface area contributed by atoms with Crippen molar-refractivity contribution in [3.05, 3.63) is 53.3 Å². The molecule has 2 N–H and O–H groups in total. The van der Waals surface area contributed by atoms with E-state index in [1.54, 1.807) is 6.07 Å². The lowest BCUT2D eigenvalue weighted by molar-refractivity contribution is 0.00578. The van der Waals surface area contributed by atoms with Crippen LogP contribution in [-0.4, -0.2) is 43.4 Å². The SMILES string of the molecule is Cc1cc(OC2CCN(c3ccc(C(N)=O)c(F)c3)CC2)ccc1B1OC(C)(C)C(C)(C)O1. The van der Waals surface area contributed by atoms with Crippen LogP contribution in [0.4, 0.5) is 10.1 Å². The summed E-state index contributed by atoms with van der Waals surface area (Å²) in [6.07, 6.45) is 1.71. The van der Waals surface area contributed by atoms with Crippen LogP contribution in [0.1, 0.15) is 56.5 Å². The summed E-state index contributed by atoms with van der Waals surface area (Å²) in [5.74, 6) is -0.523. The number of carbonyl (C=O) groups is 1. The maximum atomic E-state index is 14.1. The highest BCUT2D eigenvalue weighted by atomic mass is 19.1. The van der Waals surface area contributed by atoms with E-state index < -0.39 is 18.8 Å². The second-order valence-electron chi connectivity index (χ2n) is 9.94. The number of nitrogens with two attached hydrogens (primary N) is 1. The predicted octanol–water partition coefficient (Wildman–Crippen LogP) is 3.58. The number of hydrogen-bond donors (Lipinski definition) is 1. The van der Waals surface area contributed by atoms with E-state index in [9.17, 15) is 9.18 Å². The van der Waals surface area contributed by atoms with Crippen LogP contribution in [0.15, 0.2) is 36.4 Å². The molecule has 4 rings (SSSR count). The van der Waals surface area contributed by atoms with Gasteiger partial charge in [0.05, 0.1) is 16.8 Å². The van der Waals surface area contributed by atoms with E-state index in [1.165, 1.54) is 12.1 Å². The number of primary amides is 1. The number of rotatable bonds is 5. The molecule has 0 aliphatic carbocycles. The summed E-state index contributed by atoms with van der Waals surface area (Å²) in [4.78, 5) is 13.3. The summed E-state index contributed by atoms with van der Waals surface area (Å²) in [6, 6.07) is 10.6. The molecule has 2 heterocycles. The monoisotopic (exact) mass is 454 g/mol. The van der Waals surface area contributed by atoms with Gasteiger partial charge in [0.2, 0.25) is 0 Å². The second kappa shape index (κ2) is 8.65. The van der Waals surface area contributed by atoms with Crippen LogP contribution in [0, 0.1) is 12.7 Å². The van der Waals surface area contributed by atoms with Crippen LogP contribution in [0.5, 0.6) is 5.75 Å². The van der Waals surface area contributed by atoms with E-state index in [4.69, 9.17) is 19.8 Å². The Morgan fingerprint density at radius 3 is 2.27 bits per heavy atom. The zero-order valence-electron chi connectivity index (χ0n) is 20.0. The van der Waals surface area contributed by atoms with E-state index >= 15 is 0 Å². The van der Waals surface area contributed by atoms with Gasteiger partial charge in [0.25, 0.3) is 5.91 Å². The Hall–Kier alpha value is -2.58. The number of nitrogens with zero attached hydrogens (tertiary/aromatic N) is 1. The summed E-state index contributed by atoms with van der Waals surface area (Å²) in [5.41, 5.74) is 7.17. The van der Waals surface area contributed by atoms with Gasteiger partial charge < -0.3 is 24.7 Å². The molecule has 0 bridgehead atoms. The minimum atomic E-state index is -0.758. The number of carbonyl (C=O) groups excluding carboxylic acids is 1. The summed E-state index contributed by atoms with van der Waals surface area (Å²) in [6.45, 7) is 11.7. The minimum Gasteiger partial charge on any atom is -0.490 e. The first-order valence-corrected chi connectivity index (χ1v) is 11.4. The lowest BCUT2D eigenvalue weighted by atomic mass is 9.76. The van der Waals surface area contributed by atoms with Crippen LogP contribution in [0.3, 0.4) is 0 Å². The molecule has 2 aliphatic heterocycles. The minimum absolute atomic E-state index is 0.0816. The van der Waals surface area contributed by atoms with Crippen LogP contribution in [0.2, 0.25) is 0 Å². The first-order valence-electron chi connectivity index (χ1n) is 11.4. The van der Waals surface area contributed by atoms with Gasteiger partial charge in [0, 0.05) is 31.6 Å². The largest absolute Gasteiger partial charge is 0.495 e. The molecule has 2 aliphatic rings. The van der Waals surface area contributed by atoms with Gasteiger partial charge >= 0.3 is 7.12 Å². The molecule has 2 fully saturated rings. The highest BCUT2D eigenvalue weighted by molar-refractivity contribution is 6.62. The molecule has 2 aromatic carbocycles. The summed E-state index contributed by atoms with van der Waals surface area (Å²) >= 11 is 0. The number of anilines is 1. The first kappa shape index (κ1) is 23.6. The van der Waals surface area contributed by atoms with Crippen LogP contribution in [0.25, 0.3) is 0 Å². The van der Waals surface area contributed by atoms with E-state index in [1.807, 2.05) is 52.8 Å². The summed E-state index contributed by atoms with van der Waals surface area (Å²) in [5, 5.41) is 0. The van der Waals surface area contributed by atoms with Crippen LogP contribution in [-0.2, 0) is 9.31 Å². The fourth-order valence-electron chi connectivity index (χ4n) is 4.28. The van der Waals surface area contributed by atoms with E-state index in [-0.39, 0.29) is 22.9 Å². The van der Waals surface area contributed by atoms with Crippen molar-refractivity contribution in [3.8, 4) is 5.75 Å². The first-order chi connectivity index (χ1) is 15.5. The van der Waals surface area contributed by atoms with Gasteiger partial charge in [-0.1, -0.05) is 6.07 Å². The third-order valence-electron chi connectivity index (χ3n) is 7.08. The van der Waals surface area contributed by atoms with Crippen LogP contribution >= 0.6 is 0 Å². The highest BCUT2D eigenvalue weighted by Crippen LogP contribution is 2.37. The lowest BCUT2D eigenvalue weighted by Gasteiger charge is -2.34. The van der Waals surface area contributed by atoms with E-state index in [0.29, 0.717) is 0 Å². The van der Waals surface area contributed by atoms with Crippen LogP contribution < -0.4 is 20.8 Å². The number of ether oxygens (including phenoxy) is 1. The number of aryl methyl sites for hydroxylation is 1. The Balaban J connectivity index is 1.36. The molecular formula is C25H32BFN2O4. The maximum absolute atomic E-state index is 14.1. The molecular weight excluding hydrogens is 422 g/mol. The number of hydrogen-bond acceptors (Lipinski definition) is 5. The number of amides is 1. The molecule has 1 amide bonds. The Morgan fingerprint density at radius 1 is 1.09 bits per heavy atom. The molecule has 0 atom stereocenters. The fraction of sp³-hybridized carbons (Fsp3) is 0.480. The van der Waals surface area contributed by atoms with Gasteiger partial charge in [-0.2, -0.15) is 0 Å². The Kier molecular flexibility index (Phi) is 6.18. The van der Waals surface area contributed by atoms with Crippen molar-refractivity contribution < 1.29 is 23.2 Å². The summed E-state index contributed by atoms with van der Waals surface area (Å²) < 4.78 is 32.7. The van der Waals surface area contributed by atoms with Crippen molar-refractivity contribution in [1.82, 2.24) is 0 Å². The average Bonchev–Trinajstić information content (AvgIpc) is 2.95. The standard InChI is InChI=1S/C25H32BFN2O4/c1-16-14-19(7-9-21(16)26-32-24(2,3)25(4,5)33-26)31-18-10-12-29(13-11-18)17-6-8-20(23(28)30)22(27)15-17/h6-9,14-15,18H,10-13H2,1-5H3,(H2,28,30). The lowest BCUT2D eigenvalue weighted by Crippen LogP contribution is -2.41. The Labute approximate surface area is 195 Å². The fourth-order valence-corrected chi connectivity index (χ4v) is 4.28. The Morgan fingerprint density at radius 2 is 1.73 bits per heavy atom. The molecule has 2 saturated heterocycles. The van der Waals surface area contributed by atoms with Gasteiger partial charge in [-0.05, 0) is 76.0 Å². The van der Waals surface area contributed by atoms with Crippen molar-refractivity contribution in [2.75, 3.05) is 18.0 Å². The normalized spacial score (nSPS) is 20.2. The highest BCUT2D eigenvalue weighted by Gasteiger charge is 2.52. The van der Waals surface area contributed by atoms with Crippen molar-refractivity contribution >= 4 is 24.2 Å². The molecule has 176 valence electrons. The molecule has 0 unspecified atom stereocenters. The van der Waals surface area contributed by atoms with Crippen molar-refractivity contribution in [2.24, 2.45) is 5.73 Å². The van der Waals surface area contributed by atoms with E-state index in [2.05, 4.69) is 4.90 Å². The molecule has 2 aromatic rings. The van der Waals surface area contributed by atoms with Crippen molar-refractivity contribution in [3.63, 3.8) is 0 Å². The van der Waals surface area contributed by atoms with Gasteiger partial charge in [0.1, 0.15) is 17.7 Å². The quantitative estimate of drug-likeness (QED) is 0.700. The number of piperidine rings is 1. The zero-order valence-corrected chi connectivity index (χ0v) is 20.0. The average molecular weight is 454 g/mol. The Bertz CT molecular complexity index is 1030. The molecule has 0 radical (unpaired) electrons. The third-order valence-corrected chi connectivity index (χ3v) is 7.08. The molecule has 33 heavy (non-hydrogen) atoms. The topological polar surface area (TPSA) is 74.0 Å². The van der Waals surface area contributed by atoms with Gasteiger partial charge in [-0.15, -0.1) is 0 Å². The van der Waals surface area contributed by atoms with Gasteiger partial charge in [0.15, 0.2) is 0 Å². The zero-order chi connectivity index (χ0) is 24.0. The van der Waals surface area contributed by atoms with Crippen molar-refractivity contribution in [1.29, 1.82) is 0 Å². The van der Waals surface area contributed by atoms with Gasteiger partial charge in [-0.3, -0.25) is 4.79 Å². The maximum Gasteiger partial charge on any atom is 0.495 e. The smallest absolute Gasteiger partial charge is 0.490 e. The van der Waals surface area contributed by atoms with Crippen molar-refractivity contribution in [2.45, 2.75) is 64.8 Å². The molecule has 8 heteroatoms. The second-order valence-corrected chi connectivity index (χ2v) is 9.94. The number of benzene rings is 2. The van der Waals surface area contributed by atoms with E-state index in [0.717, 1.165) is 48.4 Å². The molecule has 0 saturated carbocycles. The van der Waals surface area contributed by atoms with Gasteiger partial charge in [-0.25, -0.2) is 4.39 Å². The molecule has 6 nitrogen and oxygen atoms in total. The number of halogens is 1. The summed E-state index contributed by atoms with van der Waals surface area (Å²) in [7, 11) is -0.395. The molecule has 0 aromatic heterocycles.